The van der Waals surface area contributed by atoms with Crippen LogP contribution in [0.2, 0.25) is 0 Å². The van der Waals surface area contributed by atoms with Crippen LogP contribution in [0.25, 0.3) is 11.1 Å². The van der Waals surface area contributed by atoms with Gasteiger partial charge in [-0.2, -0.15) is 17.6 Å². The number of hydrazine groups is 1. The Labute approximate surface area is 174 Å². The predicted octanol–water partition coefficient (Wildman–Crippen LogP) is 2.08. The van der Waals surface area contributed by atoms with E-state index < -0.39 is 23.4 Å². The number of fused-ring (bicyclic) bond motifs is 3. The highest BCUT2D eigenvalue weighted by Gasteiger charge is 2.52. The van der Waals surface area contributed by atoms with E-state index in [1.807, 2.05) is 48.5 Å². The Morgan fingerprint density at radius 2 is 1.62 bits per heavy atom. The first-order chi connectivity index (χ1) is 13.8. The standard InChI is InChI=1S/C21H22N2O5S/c1-13(24)22-23(2)21(12-29,19(25)26)20(27)28-11-18-16-9-5-3-7-14(16)15-8-4-6-10-17(15)18/h3-10,18,29H,11-12H2,1-2H3,(H,22,24)(H,25,26)/t21-/m0/s1. The molecular weight excluding hydrogens is 392 g/mol. The molecule has 7 nitrogen and oxygen atoms in total. The number of benzene rings is 2. The molecule has 0 fully saturated rings. The zero-order chi connectivity index (χ0) is 21.2. The molecule has 2 aromatic rings. The van der Waals surface area contributed by atoms with Gasteiger partial charge in [-0.3, -0.25) is 10.2 Å². The number of nitrogens with zero attached hydrogens (tertiary/aromatic N) is 1. The fraction of sp³-hybridized carbons (Fsp3) is 0.286. The lowest BCUT2D eigenvalue weighted by Crippen LogP contribution is -2.65. The van der Waals surface area contributed by atoms with E-state index in [1.54, 1.807) is 0 Å². The molecule has 0 aromatic heterocycles. The highest BCUT2D eigenvalue weighted by Crippen LogP contribution is 2.44. The molecule has 1 aliphatic carbocycles. The Bertz CT molecular complexity index is 918. The molecule has 0 unspecified atom stereocenters. The monoisotopic (exact) mass is 414 g/mol. The van der Waals surface area contributed by atoms with Crippen molar-refractivity contribution in [2.45, 2.75) is 18.4 Å². The van der Waals surface area contributed by atoms with Gasteiger partial charge < -0.3 is 9.84 Å². The number of ether oxygens (including phenoxy) is 1. The van der Waals surface area contributed by atoms with Crippen molar-refractivity contribution in [1.82, 2.24) is 10.4 Å². The van der Waals surface area contributed by atoms with Crippen molar-refractivity contribution in [2.75, 3.05) is 19.4 Å². The van der Waals surface area contributed by atoms with Crippen molar-refractivity contribution >= 4 is 30.5 Å². The van der Waals surface area contributed by atoms with Gasteiger partial charge in [-0.15, -0.1) is 0 Å². The highest BCUT2D eigenvalue weighted by atomic mass is 32.1. The van der Waals surface area contributed by atoms with E-state index in [0.717, 1.165) is 27.3 Å². The van der Waals surface area contributed by atoms with Crippen LogP contribution in [-0.4, -0.2) is 52.9 Å². The van der Waals surface area contributed by atoms with E-state index in [0.29, 0.717) is 0 Å². The van der Waals surface area contributed by atoms with Crippen LogP contribution in [0.3, 0.4) is 0 Å². The molecule has 29 heavy (non-hydrogen) atoms. The van der Waals surface area contributed by atoms with Crippen LogP contribution in [0.4, 0.5) is 0 Å². The molecule has 8 heteroatoms. The molecule has 0 heterocycles. The number of carbonyl (C=O) groups excluding carboxylic acids is 2. The van der Waals surface area contributed by atoms with Crippen LogP contribution < -0.4 is 5.43 Å². The molecule has 0 aliphatic heterocycles. The lowest BCUT2D eigenvalue weighted by Gasteiger charge is -2.34. The fourth-order valence-corrected chi connectivity index (χ4v) is 4.13. The number of carboxylic acid groups (broad SMARTS) is 1. The Balaban J connectivity index is 1.87. The first-order valence-corrected chi connectivity index (χ1v) is 9.67. The highest BCUT2D eigenvalue weighted by molar-refractivity contribution is 7.80. The Morgan fingerprint density at radius 3 is 2.07 bits per heavy atom. The lowest BCUT2D eigenvalue weighted by atomic mass is 9.97. The summed E-state index contributed by atoms with van der Waals surface area (Å²) in [5, 5.41) is 10.7. The zero-order valence-corrected chi connectivity index (χ0v) is 17.0. The molecule has 2 aromatic carbocycles. The second kappa shape index (κ2) is 8.26. The van der Waals surface area contributed by atoms with Gasteiger partial charge in [-0.05, 0) is 22.3 Å². The minimum atomic E-state index is -2.15. The molecule has 0 radical (unpaired) electrons. The van der Waals surface area contributed by atoms with E-state index >= 15 is 0 Å². The number of carboxylic acids is 1. The second-order valence-electron chi connectivity index (χ2n) is 6.88. The summed E-state index contributed by atoms with van der Waals surface area (Å²) in [6.45, 7) is 1.20. The number of rotatable bonds is 7. The number of hydrogen-bond donors (Lipinski definition) is 3. The number of esters is 1. The summed E-state index contributed by atoms with van der Waals surface area (Å²) in [5.41, 5.74) is 4.34. The molecule has 1 amide bonds. The summed E-state index contributed by atoms with van der Waals surface area (Å²) >= 11 is 4.06. The number of nitrogens with one attached hydrogen (secondary N) is 1. The number of likely N-dealkylation sites (N-methyl/N-ethyl adjacent to an activating group) is 1. The Morgan fingerprint density at radius 1 is 1.10 bits per heavy atom. The molecule has 0 saturated carbocycles. The van der Waals surface area contributed by atoms with Gasteiger partial charge in [0.25, 0.3) is 0 Å². The lowest BCUT2D eigenvalue weighted by molar-refractivity contribution is -0.172. The van der Waals surface area contributed by atoms with Crippen LogP contribution in [0, 0.1) is 0 Å². The average molecular weight is 414 g/mol. The molecule has 2 N–H and O–H groups in total. The Hall–Kier alpha value is -2.84. The third-order valence-electron chi connectivity index (χ3n) is 5.16. The largest absolute Gasteiger partial charge is 0.479 e. The molecule has 1 atom stereocenters. The third-order valence-corrected chi connectivity index (χ3v) is 5.62. The average Bonchev–Trinajstić information content (AvgIpc) is 3.00. The van der Waals surface area contributed by atoms with Crippen LogP contribution >= 0.6 is 12.6 Å². The number of hydrogen-bond acceptors (Lipinski definition) is 6. The van der Waals surface area contributed by atoms with Gasteiger partial charge in [-0.1, -0.05) is 48.5 Å². The van der Waals surface area contributed by atoms with E-state index in [4.69, 9.17) is 4.74 Å². The smallest absolute Gasteiger partial charge is 0.341 e. The van der Waals surface area contributed by atoms with Crippen LogP contribution in [0.15, 0.2) is 48.5 Å². The van der Waals surface area contributed by atoms with Crippen LogP contribution in [-0.2, 0) is 19.1 Å². The molecule has 1 aliphatic rings. The number of amides is 1. The topological polar surface area (TPSA) is 95.9 Å². The number of aliphatic carboxylic acids is 1. The summed E-state index contributed by atoms with van der Waals surface area (Å²) in [4.78, 5) is 36.2. The van der Waals surface area contributed by atoms with Crippen LogP contribution in [0.1, 0.15) is 24.0 Å². The van der Waals surface area contributed by atoms with Gasteiger partial charge in [0.15, 0.2) is 0 Å². The first kappa shape index (κ1) is 20.9. The summed E-state index contributed by atoms with van der Waals surface area (Å²) in [6, 6.07) is 15.7. The van der Waals surface area contributed by atoms with E-state index in [-0.39, 0.29) is 18.3 Å². The molecule has 0 spiro atoms. The van der Waals surface area contributed by atoms with Gasteiger partial charge in [0.2, 0.25) is 11.4 Å². The Kier molecular flexibility index (Phi) is 5.95. The van der Waals surface area contributed by atoms with Crippen molar-refractivity contribution in [2.24, 2.45) is 0 Å². The van der Waals surface area contributed by atoms with Gasteiger partial charge >= 0.3 is 11.9 Å². The van der Waals surface area contributed by atoms with Crippen molar-refractivity contribution in [3.05, 3.63) is 59.7 Å². The number of thiol groups is 1. The molecular formula is C21H22N2O5S. The summed E-state index contributed by atoms with van der Waals surface area (Å²) in [6.07, 6.45) is 0. The number of carbonyl (C=O) groups is 3. The zero-order valence-electron chi connectivity index (χ0n) is 16.1. The predicted molar refractivity (Wildman–Crippen MR) is 110 cm³/mol. The normalized spacial score (nSPS) is 14.6. The van der Waals surface area contributed by atoms with Crippen molar-refractivity contribution < 1.29 is 24.2 Å². The maximum Gasteiger partial charge on any atom is 0.341 e. The maximum atomic E-state index is 12.9. The van der Waals surface area contributed by atoms with Crippen molar-refractivity contribution in [3.8, 4) is 11.1 Å². The molecule has 3 rings (SSSR count). The van der Waals surface area contributed by atoms with Gasteiger partial charge in [0.05, 0.1) is 0 Å². The minimum absolute atomic E-state index is 0.0242. The molecule has 0 saturated heterocycles. The fourth-order valence-electron chi connectivity index (χ4n) is 3.66. The minimum Gasteiger partial charge on any atom is -0.479 e. The molecule has 0 bridgehead atoms. The van der Waals surface area contributed by atoms with Crippen molar-refractivity contribution in [1.29, 1.82) is 0 Å². The van der Waals surface area contributed by atoms with Gasteiger partial charge in [0.1, 0.15) is 6.61 Å². The quantitative estimate of drug-likeness (QED) is 0.278. The van der Waals surface area contributed by atoms with E-state index in [9.17, 15) is 19.5 Å². The SMILES string of the molecule is CC(=O)NN(C)[C@@](CS)(C(=O)O)C(=O)OCC1c2ccccc2-c2ccccc21. The molecule has 152 valence electrons. The van der Waals surface area contributed by atoms with Gasteiger partial charge in [-0.25, -0.2) is 9.59 Å². The van der Waals surface area contributed by atoms with Crippen LogP contribution in [0.5, 0.6) is 0 Å². The maximum absolute atomic E-state index is 12.9. The second-order valence-corrected chi connectivity index (χ2v) is 7.19. The summed E-state index contributed by atoms with van der Waals surface area (Å²) in [5.74, 6) is -3.54. The van der Waals surface area contributed by atoms with E-state index in [2.05, 4.69) is 18.1 Å². The van der Waals surface area contributed by atoms with Gasteiger partial charge in [0, 0.05) is 25.6 Å². The summed E-state index contributed by atoms with van der Waals surface area (Å²) < 4.78 is 5.50. The van der Waals surface area contributed by atoms with E-state index in [1.165, 1.54) is 14.0 Å². The summed E-state index contributed by atoms with van der Waals surface area (Å²) in [7, 11) is 1.30. The third kappa shape index (κ3) is 3.61. The first-order valence-electron chi connectivity index (χ1n) is 9.03. The van der Waals surface area contributed by atoms with Crippen molar-refractivity contribution in [3.63, 3.8) is 0 Å².